The number of hydrogen-bond donors (Lipinski definition) is 4. The number of aliphatic hydroxyl groups is 2. The Bertz CT molecular complexity index is 1250. The Kier molecular flexibility index (Phi) is 6.64. The summed E-state index contributed by atoms with van der Waals surface area (Å²) in [4.78, 5) is 11.6. The third-order valence-electron chi connectivity index (χ3n) is 5.79. The van der Waals surface area contributed by atoms with Gasteiger partial charge in [0.2, 0.25) is 0 Å². The third kappa shape index (κ3) is 5.18. The second kappa shape index (κ2) is 9.60. The number of aromatic nitrogens is 3. The van der Waals surface area contributed by atoms with Gasteiger partial charge in [-0.1, -0.05) is 11.6 Å². The van der Waals surface area contributed by atoms with Crippen LogP contribution in [-0.2, 0) is 16.0 Å². The molecule has 4 N–H and O–H groups in total. The van der Waals surface area contributed by atoms with Crippen molar-refractivity contribution < 1.29 is 37.9 Å². The van der Waals surface area contributed by atoms with Crippen LogP contribution in [0, 0.1) is 11.6 Å². The number of anilines is 1. The summed E-state index contributed by atoms with van der Waals surface area (Å²) in [6.45, 7) is 3.10. The summed E-state index contributed by atoms with van der Waals surface area (Å²) in [7, 11) is 0. The van der Waals surface area contributed by atoms with Gasteiger partial charge >= 0.3 is 0 Å². The van der Waals surface area contributed by atoms with E-state index in [2.05, 4.69) is 20.3 Å². The molecule has 13 heteroatoms. The van der Waals surface area contributed by atoms with Gasteiger partial charge in [0, 0.05) is 24.2 Å². The largest absolute Gasteiger partial charge is 0.490 e. The summed E-state index contributed by atoms with van der Waals surface area (Å²) in [6, 6.07) is 3.83. The highest BCUT2D eigenvalue weighted by Crippen LogP contribution is 2.31. The SMILES string of the molecule is CC(C)(O)COc1cc(F)c(CNc2nc3nc(O[C@@H]4COC5[C@H](O)CO[C@@H]54)[nH]c3cc2Cl)c(F)c1. The Morgan fingerprint density at radius 3 is 2.61 bits per heavy atom. The van der Waals surface area contributed by atoms with Gasteiger partial charge in [-0.3, -0.25) is 0 Å². The van der Waals surface area contributed by atoms with Gasteiger partial charge in [-0.15, -0.1) is 0 Å². The summed E-state index contributed by atoms with van der Waals surface area (Å²) in [6.07, 6.45) is -1.99. The van der Waals surface area contributed by atoms with Gasteiger partial charge in [0.15, 0.2) is 11.8 Å². The Balaban J connectivity index is 1.27. The van der Waals surface area contributed by atoms with E-state index in [9.17, 15) is 19.0 Å². The maximum Gasteiger partial charge on any atom is 0.296 e. The summed E-state index contributed by atoms with van der Waals surface area (Å²) < 4.78 is 51.3. The van der Waals surface area contributed by atoms with Gasteiger partial charge in [-0.05, 0) is 19.9 Å². The van der Waals surface area contributed by atoms with E-state index in [1.807, 2.05) is 0 Å². The average Bonchev–Trinajstić information content (AvgIpc) is 3.48. The standard InChI is InChI=1S/C23H25ClF2N4O6/c1-23(2,32)9-35-10-3-13(25)11(14(26)4-10)6-27-20-12(24)5-15-21(29-20)30-22(28-15)36-17-8-34-18-16(31)7-33-19(17)18/h3-5,16-19,31-32H,6-9H2,1-2H3,(H2,27,28,29,30)/t16-,17-,18?,19-/m1/s1. The van der Waals surface area contributed by atoms with Crippen LogP contribution in [0.1, 0.15) is 19.4 Å². The zero-order valence-corrected chi connectivity index (χ0v) is 20.2. The topological polar surface area (TPSA) is 131 Å². The van der Waals surface area contributed by atoms with Crippen LogP contribution in [0.25, 0.3) is 11.2 Å². The normalized spacial score (nSPS) is 23.8. The summed E-state index contributed by atoms with van der Waals surface area (Å²) >= 11 is 6.31. The zero-order valence-electron chi connectivity index (χ0n) is 19.4. The molecule has 36 heavy (non-hydrogen) atoms. The fourth-order valence-electron chi connectivity index (χ4n) is 4.03. The van der Waals surface area contributed by atoms with Crippen LogP contribution in [0.3, 0.4) is 0 Å². The molecule has 3 aromatic rings. The van der Waals surface area contributed by atoms with Crippen LogP contribution >= 0.6 is 11.6 Å². The highest BCUT2D eigenvalue weighted by molar-refractivity contribution is 6.33. The number of aromatic amines is 1. The van der Waals surface area contributed by atoms with Crippen LogP contribution in [0.5, 0.6) is 11.8 Å². The first kappa shape index (κ1) is 24.9. The molecule has 0 spiro atoms. The van der Waals surface area contributed by atoms with E-state index in [-0.39, 0.29) is 60.2 Å². The first-order chi connectivity index (χ1) is 17.1. The number of rotatable bonds is 8. The Hall–Kier alpha value is -2.77. The zero-order chi connectivity index (χ0) is 25.6. The molecule has 2 aromatic heterocycles. The van der Waals surface area contributed by atoms with E-state index in [4.69, 9.17) is 30.5 Å². The second-order valence-electron chi connectivity index (χ2n) is 9.37. The Morgan fingerprint density at radius 1 is 1.17 bits per heavy atom. The molecule has 0 aliphatic carbocycles. The van der Waals surface area contributed by atoms with Crippen molar-refractivity contribution in [2.24, 2.45) is 0 Å². The molecule has 0 saturated carbocycles. The lowest BCUT2D eigenvalue weighted by Crippen LogP contribution is -2.34. The Morgan fingerprint density at radius 2 is 1.89 bits per heavy atom. The number of pyridine rings is 1. The van der Waals surface area contributed by atoms with Crippen LogP contribution in [0.4, 0.5) is 14.6 Å². The van der Waals surface area contributed by atoms with E-state index in [1.54, 1.807) is 6.07 Å². The molecule has 1 unspecified atom stereocenters. The predicted octanol–water partition coefficient (Wildman–Crippen LogP) is 2.56. The number of H-pyrrole nitrogens is 1. The Labute approximate surface area is 209 Å². The van der Waals surface area contributed by atoms with Gasteiger partial charge in [-0.25, -0.2) is 13.8 Å². The van der Waals surface area contributed by atoms with Crippen molar-refractivity contribution in [1.82, 2.24) is 15.0 Å². The van der Waals surface area contributed by atoms with E-state index in [0.29, 0.717) is 5.52 Å². The molecule has 0 bridgehead atoms. The van der Waals surface area contributed by atoms with E-state index >= 15 is 0 Å². The molecule has 10 nitrogen and oxygen atoms in total. The maximum atomic E-state index is 14.6. The molecule has 2 aliphatic rings. The fourth-order valence-corrected chi connectivity index (χ4v) is 4.25. The second-order valence-corrected chi connectivity index (χ2v) is 9.78. The van der Waals surface area contributed by atoms with Gasteiger partial charge in [-0.2, -0.15) is 4.98 Å². The molecule has 0 radical (unpaired) electrons. The van der Waals surface area contributed by atoms with Gasteiger partial charge in [0.05, 0.1) is 29.4 Å². The lowest BCUT2D eigenvalue weighted by molar-refractivity contribution is 0.00706. The summed E-state index contributed by atoms with van der Waals surface area (Å²) in [5.74, 6) is -1.50. The number of benzene rings is 1. The number of nitrogens with one attached hydrogen (secondary N) is 2. The molecular weight excluding hydrogens is 502 g/mol. The number of aliphatic hydroxyl groups excluding tert-OH is 1. The average molecular weight is 527 g/mol. The number of nitrogens with zero attached hydrogens (tertiary/aromatic N) is 2. The van der Waals surface area contributed by atoms with Crippen molar-refractivity contribution in [3.63, 3.8) is 0 Å². The lowest BCUT2D eigenvalue weighted by atomic mass is 10.1. The van der Waals surface area contributed by atoms with E-state index in [1.165, 1.54) is 13.8 Å². The molecule has 2 fully saturated rings. The number of hydrogen-bond acceptors (Lipinski definition) is 9. The molecular formula is C23H25ClF2N4O6. The van der Waals surface area contributed by atoms with Gasteiger partial charge in [0.1, 0.15) is 48.1 Å². The first-order valence-corrected chi connectivity index (χ1v) is 11.7. The molecule has 2 saturated heterocycles. The van der Waals surface area contributed by atoms with Crippen LogP contribution in [0.2, 0.25) is 5.02 Å². The minimum atomic E-state index is -1.15. The van der Waals surface area contributed by atoms with E-state index in [0.717, 1.165) is 12.1 Å². The molecule has 4 atom stereocenters. The number of fused-ring (bicyclic) bond motifs is 2. The van der Waals surface area contributed by atoms with Crippen molar-refractivity contribution >= 4 is 28.6 Å². The predicted molar refractivity (Wildman–Crippen MR) is 124 cm³/mol. The number of imidazole rings is 1. The monoisotopic (exact) mass is 526 g/mol. The van der Waals surface area contributed by atoms with Crippen LogP contribution in [-0.4, -0.2) is 75.0 Å². The minimum absolute atomic E-state index is 0.0333. The molecule has 194 valence electrons. The number of halogens is 3. The molecule has 1 aromatic carbocycles. The number of ether oxygens (including phenoxy) is 4. The maximum absolute atomic E-state index is 14.6. The summed E-state index contributed by atoms with van der Waals surface area (Å²) in [5.41, 5.74) is -0.611. The molecule has 5 rings (SSSR count). The van der Waals surface area contributed by atoms with Crippen LogP contribution in [0.15, 0.2) is 18.2 Å². The van der Waals surface area contributed by atoms with Crippen molar-refractivity contribution in [1.29, 1.82) is 0 Å². The van der Waals surface area contributed by atoms with E-state index < -0.39 is 41.7 Å². The minimum Gasteiger partial charge on any atom is -0.490 e. The van der Waals surface area contributed by atoms with Crippen molar-refractivity contribution in [3.8, 4) is 11.8 Å². The highest BCUT2D eigenvalue weighted by atomic mass is 35.5. The quantitative estimate of drug-likeness (QED) is 0.350. The van der Waals surface area contributed by atoms with Crippen molar-refractivity contribution in [3.05, 3.63) is 40.4 Å². The molecule has 0 amide bonds. The summed E-state index contributed by atoms with van der Waals surface area (Å²) in [5, 5.41) is 22.6. The van der Waals surface area contributed by atoms with Gasteiger partial charge < -0.3 is 39.5 Å². The van der Waals surface area contributed by atoms with Crippen molar-refractivity contribution in [2.45, 2.75) is 50.4 Å². The first-order valence-electron chi connectivity index (χ1n) is 11.3. The van der Waals surface area contributed by atoms with Crippen LogP contribution < -0.4 is 14.8 Å². The smallest absolute Gasteiger partial charge is 0.296 e. The molecule has 2 aliphatic heterocycles. The van der Waals surface area contributed by atoms with Gasteiger partial charge in [0.25, 0.3) is 6.01 Å². The molecule has 4 heterocycles. The third-order valence-corrected chi connectivity index (χ3v) is 6.08. The lowest BCUT2D eigenvalue weighted by Gasteiger charge is -2.18. The van der Waals surface area contributed by atoms with Crippen molar-refractivity contribution in [2.75, 3.05) is 25.1 Å². The highest BCUT2D eigenvalue weighted by Gasteiger charge is 2.48. The fraction of sp³-hybridized carbons (Fsp3) is 0.478.